The molecule has 4 unspecified atom stereocenters. The number of benzene rings is 3. The van der Waals surface area contributed by atoms with E-state index in [2.05, 4.69) is 0 Å². The van der Waals surface area contributed by atoms with Crippen molar-refractivity contribution in [2.45, 2.75) is 49.6 Å². The zero-order valence-corrected chi connectivity index (χ0v) is 23.1. The first kappa shape index (κ1) is 24.6. The lowest BCUT2D eigenvalue weighted by atomic mass is 9.54. The summed E-state index contributed by atoms with van der Waals surface area (Å²) in [6, 6.07) is 24.1. The van der Waals surface area contributed by atoms with Crippen molar-refractivity contribution < 1.29 is 28.6 Å². The molecule has 9 rings (SSSR count). The quantitative estimate of drug-likeness (QED) is 0.179. The molecule has 5 fully saturated rings. The Morgan fingerprint density at radius 1 is 0.875 bits per heavy atom. The van der Waals surface area contributed by atoms with Gasteiger partial charge in [0.1, 0.15) is 17.2 Å². The molecule has 40 heavy (non-hydrogen) atoms. The van der Waals surface area contributed by atoms with Gasteiger partial charge >= 0.3 is 0 Å². The minimum Gasteiger partial charge on any atom is -0.507 e. The number of phenols is 1. The Labute approximate surface area is 234 Å². The number of phenolic OH excluding ortho intramolecular Hbond substituents is 1. The fourth-order valence-corrected chi connectivity index (χ4v) is 11.7. The predicted molar refractivity (Wildman–Crippen MR) is 151 cm³/mol. The van der Waals surface area contributed by atoms with Gasteiger partial charge in [0.2, 0.25) is 18.8 Å². The van der Waals surface area contributed by atoms with E-state index in [0.717, 1.165) is 17.4 Å². The maximum absolute atomic E-state index is 14.6. The van der Waals surface area contributed by atoms with Gasteiger partial charge in [0, 0.05) is 0 Å². The van der Waals surface area contributed by atoms with E-state index in [-0.39, 0.29) is 12.4 Å². The van der Waals surface area contributed by atoms with Crippen molar-refractivity contribution >= 4 is 12.4 Å². The molecule has 6 bridgehead atoms. The van der Waals surface area contributed by atoms with Crippen LogP contribution in [-0.4, -0.2) is 23.8 Å². The molecule has 0 radical (unpaired) electrons. The van der Waals surface area contributed by atoms with Gasteiger partial charge in [0.15, 0.2) is 12.5 Å². The summed E-state index contributed by atoms with van der Waals surface area (Å²) in [6.07, 6.45) is 7.53. The predicted octanol–water partition coefficient (Wildman–Crippen LogP) is 6.74. The lowest BCUT2D eigenvalue weighted by Crippen LogP contribution is -2.40. The second-order valence-corrected chi connectivity index (χ2v) is 15.0. The first-order valence-electron chi connectivity index (χ1n) is 14.4. The van der Waals surface area contributed by atoms with Crippen molar-refractivity contribution in [3.63, 3.8) is 0 Å². The highest BCUT2D eigenvalue weighted by Crippen LogP contribution is 2.89. The minimum atomic E-state index is -3.30. The molecular weight excluding hydrogens is 523 g/mol. The summed E-state index contributed by atoms with van der Waals surface area (Å²) in [6.45, 7) is 0.121. The zero-order chi connectivity index (χ0) is 26.9. The number of allylic oxidation sites excluding steroid dienone is 1. The van der Waals surface area contributed by atoms with E-state index in [1.807, 2.05) is 66.9 Å². The van der Waals surface area contributed by atoms with Gasteiger partial charge in [-0.15, -0.1) is 0 Å². The average Bonchev–Trinajstić information content (AvgIpc) is 3.39. The van der Waals surface area contributed by atoms with Gasteiger partial charge in [-0.05, 0) is 103 Å². The Balaban J connectivity index is 1.11. The molecule has 1 N–H and O–H groups in total. The first-order chi connectivity index (χ1) is 19.5. The third-order valence-corrected chi connectivity index (χ3v) is 13.2. The summed E-state index contributed by atoms with van der Waals surface area (Å²) >= 11 is 0. The Morgan fingerprint density at radius 3 is 2.20 bits per heavy atom. The normalized spacial score (nSPS) is 34.7. The van der Waals surface area contributed by atoms with E-state index in [4.69, 9.17) is 18.9 Å². The van der Waals surface area contributed by atoms with E-state index in [1.54, 1.807) is 18.2 Å². The van der Waals surface area contributed by atoms with E-state index in [0.29, 0.717) is 28.6 Å². The van der Waals surface area contributed by atoms with Crippen LogP contribution in [0.5, 0.6) is 17.2 Å². The number of fused-ring (bicyclic) bond motifs is 5. The van der Waals surface area contributed by atoms with E-state index in [1.165, 1.54) is 37.7 Å². The van der Waals surface area contributed by atoms with Gasteiger partial charge < -0.3 is 28.6 Å². The van der Waals surface area contributed by atoms with Crippen LogP contribution in [0.4, 0.5) is 0 Å². The molecule has 4 atom stereocenters. The number of ether oxygens (including phenoxy) is 4. The van der Waals surface area contributed by atoms with Crippen molar-refractivity contribution in [3.05, 3.63) is 96.3 Å². The number of hydrogen-bond donors (Lipinski definition) is 1. The highest BCUT2D eigenvalue weighted by Gasteiger charge is 2.85. The summed E-state index contributed by atoms with van der Waals surface area (Å²) in [5, 5.41) is 9.81. The SMILES string of the molecule is O=P12c3cc(ccc3O)C1(OC(COc1ccccc1)OC=C1C3CC4CC(C3)CC1C4)C2Oc1ccccc1. The highest BCUT2D eigenvalue weighted by molar-refractivity contribution is 7.81. The maximum Gasteiger partial charge on any atom is 0.234 e. The molecule has 2 aliphatic heterocycles. The van der Waals surface area contributed by atoms with Crippen LogP contribution in [0.3, 0.4) is 0 Å². The Bertz CT molecular complexity index is 1470. The van der Waals surface area contributed by atoms with E-state index < -0.39 is 24.6 Å². The largest absolute Gasteiger partial charge is 0.507 e. The first-order valence-corrected chi connectivity index (χ1v) is 16.2. The van der Waals surface area contributed by atoms with Crippen LogP contribution >= 0.6 is 7.14 Å². The Kier molecular flexibility index (Phi) is 5.62. The van der Waals surface area contributed by atoms with Crippen LogP contribution in [0.2, 0.25) is 0 Å². The monoisotopic (exact) mass is 556 g/mol. The number of rotatable bonds is 9. The lowest BCUT2D eigenvalue weighted by Gasteiger charge is -2.51. The van der Waals surface area contributed by atoms with Crippen molar-refractivity contribution in [1.29, 1.82) is 0 Å². The topological polar surface area (TPSA) is 74.2 Å². The molecule has 2 heterocycles. The van der Waals surface area contributed by atoms with Crippen molar-refractivity contribution in [2.75, 3.05) is 6.61 Å². The van der Waals surface area contributed by atoms with Crippen LogP contribution in [0.1, 0.15) is 37.7 Å². The van der Waals surface area contributed by atoms with Crippen LogP contribution in [-0.2, 0) is 19.4 Å². The number of hydrogen-bond acceptors (Lipinski definition) is 6. The summed E-state index contributed by atoms with van der Waals surface area (Å²) < 4.78 is 40.2. The second-order valence-electron chi connectivity index (χ2n) is 12.1. The van der Waals surface area contributed by atoms with Crippen LogP contribution in [0.25, 0.3) is 0 Å². The fraction of sp³-hybridized carbons (Fsp3) is 0.394. The molecule has 6 aliphatic rings. The standard InChI is InChI=1S/C33H33O6P/c34-29-12-11-25-18-30(29)40(35)32(38-27-9-5-2-6-10-27)33(25,40)39-31(20-36-26-7-3-1-4-8-26)37-19-28-23-14-21-13-22(16-23)17-24(28)15-21/h1-12,18-19,21-24,31-32,34H,13-17,20H2. The third-order valence-electron chi connectivity index (χ3n) is 9.71. The molecule has 1 saturated heterocycles. The summed E-state index contributed by atoms with van der Waals surface area (Å²) in [5.41, 5.74) is 2.14. The van der Waals surface area contributed by atoms with E-state index >= 15 is 0 Å². The summed E-state index contributed by atoms with van der Waals surface area (Å²) in [5.74, 6) is 3.47. The van der Waals surface area contributed by atoms with Gasteiger partial charge in [0.05, 0.1) is 11.6 Å². The second kappa shape index (κ2) is 9.15. The van der Waals surface area contributed by atoms with Gasteiger partial charge in [-0.25, -0.2) is 0 Å². The minimum absolute atomic E-state index is 0.00504. The summed E-state index contributed by atoms with van der Waals surface area (Å²) in [4.78, 5) is 0. The van der Waals surface area contributed by atoms with E-state index in [9.17, 15) is 9.67 Å². The van der Waals surface area contributed by atoms with Gasteiger partial charge in [0.25, 0.3) is 0 Å². The molecule has 0 aromatic heterocycles. The van der Waals surface area contributed by atoms with Gasteiger partial charge in [-0.2, -0.15) is 0 Å². The van der Waals surface area contributed by atoms with Crippen LogP contribution in [0.15, 0.2) is 90.7 Å². The molecule has 4 aliphatic carbocycles. The molecule has 3 aromatic rings. The number of para-hydroxylation sites is 2. The van der Waals surface area contributed by atoms with Crippen molar-refractivity contribution in [1.82, 2.24) is 0 Å². The van der Waals surface area contributed by atoms with Crippen molar-refractivity contribution in [3.8, 4) is 17.2 Å². The van der Waals surface area contributed by atoms with Crippen LogP contribution in [0, 0.1) is 23.7 Å². The third kappa shape index (κ3) is 3.69. The summed E-state index contributed by atoms with van der Waals surface area (Å²) in [7, 11) is -3.30. The molecule has 7 heteroatoms. The van der Waals surface area contributed by atoms with Gasteiger partial charge in [-0.3, -0.25) is 0 Å². The smallest absolute Gasteiger partial charge is 0.234 e. The molecule has 0 amide bonds. The highest BCUT2D eigenvalue weighted by atomic mass is 31.2. The van der Waals surface area contributed by atoms with Crippen LogP contribution < -0.4 is 14.8 Å². The van der Waals surface area contributed by atoms with Gasteiger partial charge in [-0.1, -0.05) is 42.5 Å². The Morgan fingerprint density at radius 2 is 1.52 bits per heavy atom. The maximum atomic E-state index is 14.6. The molecule has 4 saturated carbocycles. The average molecular weight is 557 g/mol. The fourth-order valence-electron chi connectivity index (χ4n) is 8.04. The molecule has 3 aromatic carbocycles. The lowest BCUT2D eigenvalue weighted by molar-refractivity contribution is -0.171. The molecule has 6 nitrogen and oxygen atoms in total. The van der Waals surface area contributed by atoms with Crippen molar-refractivity contribution in [2.24, 2.45) is 23.7 Å². The molecule has 206 valence electrons. The number of aromatic hydroxyl groups is 1. The molecule has 0 spiro atoms. The Hall–Kier alpha value is -3.21. The molecular formula is C33H33O6P. The zero-order valence-electron chi connectivity index (χ0n) is 22.2.